The van der Waals surface area contributed by atoms with E-state index in [9.17, 15) is 0 Å². The van der Waals surface area contributed by atoms with Gasteiger partial charge in [0.1, 0.15) is 0 Å². The average molecular weight is 643 g/mol. The number of fused-ring (bicyclic) bond motifs is 2. The SMILES string of the molecule is Brc1cc(-c2nc(-c3ccc(-c4ccncc4)cc3)nc(-c3ccc4ccccc4c3)n2)cc(-c2cccc3ncccc23)c1. The van der Waals surface area contributed by atoms with E-state index in [-0.39, 0.29) is 0 Å². The number of hydrogen-bond acceptors (Lipinski definition) is 5. The van der Waals surface area contributed by atoms with Crippen LogP contribution in [0.2, 0.25) is 0 Å². The standard InChI is InChI=1S/C39H24BrN5/c40-33-23-31(34-7-3-9-36-35(34)8-4-18-42-36)22-32(24-33)39-44-37(28-13-10-26(11-14-28)27-16-19-41-20-17-27)43-38(45-39)30-15-12-25-5-1-2-6-29(25)21-30/h1-24H. The van der Waals surface area contributed by atoms with E-state index >= 15 is 0 Å². The van der Waals surface area contributed by atoms with Crippen LogP contribution < -0.4 is 0 Å². The number of halogens is 1. The number of benzene rings is 5. The predicted octanol–water partition coefficient (Wildman–Crippen LogP) is 10.1. The fraction of sp³-hybridized carbons (Fsp3) is 0. The molecular formula is C39H24BrN5. The molecule has 0 aliphatic heterocycles. The summed E-state index contributed by atoms with van der Waals surface area (Å²) in [5.41, 5.74) is 8.04. The van der Waals surface area contributed by atoms with Crippen LogP contribution in [0.1, 0.15) is 0 Å². The zero-order valence-corrected chi connectivity index (χ0v) is 25.6. The first-order valence-electron chi connectivity index (χ1n) is 14.6. The molecule has 0 radical (unpaired) electrons. The number of hydrogen-bond donors (Lipinski definition) is 0. The van der Waals surface area contributed by atoms with Gasteiger partial charge in [-0.1, -0.05) is 94.8 Å². The van der Waals surface area contributed by atoms with Crippen molar-refractivity contribution in [2.75, 3.05) is 0 Å². The molecule has 6 heteroatoms. The number of pyridine rings is 2. The van der Waals surface area contributed by atoms with Crippen LogP contribution in [-0.2, 0) is 0 Å². The minimum atomic E-state index is 0.599. The maximum atomic E-state index is 5.05. The predicted molar refractivity (Wildman–Crippen MR) is 185 cm³/mol. The molecule has 3 aromatic heterocycles. The van der Waals surface area contributed by atoms with Gasteiger partial charge in [-0.2, -0.15) is 0 Å². The second-order valence-electron chi connectivity index (χ2n) is 10.8. The summed E-state index contributed by atoms with van der Waals surface area (Å²) in [5.74, 6) is 1.83. The van der Waals surface area contributed by atoms with Crippen LogP contribution in [0.4, 0.5) is 0 Å². The van der Waals surface area contributed by atoms with Crippen molar-refractivity contribution in [3.63, 3.8) is 0 Å². The van der Waals surface area contributed by atoms with Crippen molar-refractivity contribution in [3.8, 4) is 56.4 Å². The molecule has 0 spiro atoms. The zero-order chi connectivity index (χ0) is 30.2. The average Bonchev–Trinajstić information content (AvgIpc) is 3.11. The fourth-order valence-corrected chi connectivity index (χ4v) is 6.17. The fourth-order valence-electron chi connectivity index (χ4n) is 5.68. The van der Waals surface area contributed by atoms with Crippen molar-refractivity contribution in [1.29, 1.82) is 0 Å². The first kappa shape index (κ1) is 27.0. The summed E-state index contributed by atoms with van der Waals surface area (Å²) in [7, 11) is 0. The summed E-state index contributed by atoms with van der Waals surface area (Å²) in [5, 5.41) is 3.39. The second-order valence-corrected chi connectivity index (χ2v) is 11.7. The van der Waals surface area contributed by atoms with E-state index in [0.717, 1.165) is 59.7 Å². The van der Waals surface area contributed by atoms with Crippen LogP contribution in [0, 0.1) is 0 Å². The highest BCUT2D eigenvalue weighted by atomic mass is 79.9. The van der Waals surface area contributed by atoms with Crippen LogP contribution in [0.3, 0.4) is 0 Å². The number of nitrogens with zero attached hydrogens (tertiary/aromatic N) is 5. The minimum absolute atomic E-state index is 0.599. The molecule has 8 rings (SSSR count). The van der Waals surface area contributed by atoms with Gasteiger partial charge in [-0.05, 0) is 81.6 Å². The molecular weight excluding hydrogens is 618 g/mol. The van der Waals surface area contributed by atoms with Gasteiger partial charge in [0.15, 0.2) is 17.5 Å². The van der Waals surface area contributed by atoms with Gasteiger partial charge in [-0.15, -0.1) is 0 Å². The smallest absolute Gasteiger partial charge is 0.164 e. The van der Waals surface area contributed by atoms with Crippen LogP contribution in [0.5, 0.6) is 0 Å². The van der Waals surface area contributed by atoms with Crippen molar-refractivity contribution in [2.24, 2.45) is 0 Å². The van der Waals surface area contributed by atoms with Gasteiger partial charge in [-0.25, -0.2) is 15.0 Å². The van der Waals surface area contributed by atoms with Gasteiger partial charge in [0.2, 0.25) is 0 Å². The zero-order valence-electron chi connectivity index (χ0n) is 24.0. The van der Waals surface area contributed by atoms with Gasteiger partial charge in [0, 0.05) is 45.1 Å². The Morgan fingerprint density at radius 1 is 0.422 bits per heavy atom. The van der Waals surface area contributed by atoms with E-state index in [1.165, 1.54) is 5.39 Å². The topological polar surface area (TPSA) is 64.5 Å². The second kappa shape index (κ2) is 11.5. The molecule has 8 aromatic rings. The highest BCUT2D eigenvalue weighted by molar-refractivity contribution is 9.10. The third kappa shape index (κ3) is 5.37. The Kier molecular flexibility index (Phi) is 6.89. The first-order valence-corrected chi connectivity index (χ1v) is 15.4. The van der Waals surface area contributed by atoms with Gasteiger partial charge >= 0.3 is 0 Å². The molecule has 5 nitrogen and oxygen atoms in total. The van der Waals surface area contributed by atoms with E-state index in [1.54, 1.807) is 12.4 Å². The molecule has 0 aliphatic carbocycles. The molecule has 0 bridgehead atoms. The lowest BCUT2D eigenvalue weighted by Gasteiger charge is -2.12. The van der Waals surface area contributed by atoms with Crippen molar-refractivity contribution < 1.29 is 0 Å². The molecule has 0 N–H and O–H groups in total. The van der Waals surface area contributed by atoms with Crippen molar-refractivity contribution in [2.45, 2.75) is 0 Å². The van der Waals surface area contributed by atoms with E-state index < -0.39 is 0 Å². The lowest BCUT2D eigenvalue weighted by molar-refractivity contribution is 1.07. The molecule has 212 valence electrons. The van der Waals surface area contributed by atoms with Gasteiger partial charge < -0.3 is 0 Å². The molecule has 0 aliphatic rings. The Labute approximate surface area is 268 Å². The Hall–Kier alpha value is -5.59. The lowest BCUT2D eigenvalue weighted by atomic mass is 9.98. The van der Waals surface area contributed by atoms with Crippen molar-refractivity contribution in [1.82, 2.24) is 24.9 Å². The Balaban J connectivity index is 1.29. The Morgan fingerprint density at radius 3 is 1.91 bits per heavy atom. The highest BCUT2D eigenvalue weighted by Crippen LogP contribution is 2.34. The maximum absolute atomic E-state index is 5.05. The summed E-state index contributed by atoms with van der Waals surface area (Å²) < 4.78 is 0.937. The molecule has 0 unspecified atom stereocenters. The molecule has 0 saturated carbocycles. The van der Waals surface area contributed by atoms with E-state index in [2.05, 4.69) is 111 Å². The van der Waals surface area contributed by atoms with E-state index in [0.29, 0.717) is 17.5 Å². The van der Waals surface area contributed by atoms with E-state index in [1.807, 2.05) is 48.7 Å². The highest BCUT2D eigenvalue weighted by Gasteiger charge is 2.15. The molecule has 0 atom stereocenters. The van der Waals surface area contributed by atoms with Crippen LogP contribution >= 0.6 is 15.9 Å². The normalized spacial score (nSPS) is 11.2. The number of rotatable bonds is 5. The molecule has 0 fully saturated rings. The molecule has 3 heterocycles. The van der Waals surface area contributed by atoms with Crippen LogP contribution in [0.15, 0.2) is 150 Å². The van der Waals surface area contributed by atoms with Crippen molar-refractivity contribution >= 4 is 37.6 Å². The third-order valence-corrected chi connectivity index (χ3v) is 8.37. The summed E-state index contributed by atoms with van der Waals surface area (Å²) in [6, 6.07) is 43.6. The monoisotopic (exact) mass is 641 g/mol. The van der Waals surface area contributed by atoms with Crippen molar-refractivity contribution in [3.05, 3.63) is 150 Å². The lowest BCUT2D eigenvalue weighted by Crippen LogP contribution is -2.00. The summed E-state index contributed by atoms with van der Waals surface area (Å²) in [4.78, 5) is 23.8. The van der Waals surface area contributed by atoms with Gasteiger partial charge in [-0.3, -0.25) is 9.97 Å². The molecule has 5 aromatic carbocycles. The van der Waals surface area contributed by atoms with Crippen LogP contribution in [-0.4, -0.2) is 24.9 Å². The third-order valence-electron chi connectivity index (χ3n) is 7.91. The Bertz CT molecular complexity index is 2330. The summed E-state index contributed by atoms with van der Waals surface area (Å²) in [6.07, 6.45) is 5.43. The largest absolute Gasteiger partial charge is 0.265 e. The molecule has 0 amide bonds. The minimum Gasteiger partial charge on any atom is -0.265 e. The van der Waals surface area contributed by atoms with E-state index in [4.69, 9.17) is 15.0 Å². The van der Waals surface area contributed by atoms with Gasteiger partial charge in [0.25, 0.3) is 0 Å². The van der Waals surface area contributed by atoms with Gasteiger partial charge in [0.05, 0.1) is 5.52 Å². The quantitative estimate of drug-likeness (QED) is 0.187. The number of aromatic nitrogens is 5. The molecule has 0 saturated heterocycles. The first-order chi connectivity index (χ1) is 22.2. The summed E-state index contributed by atoms with van der Waals surface area (Å²) >= 11 is 3.76. The molecule has 45 heavy (non-hydrogen) atoms. The summed E-state index contributed by atoms with van der Waals surface area (Å²) in [6.45, 7) is 0. The van der Waals surface area contributed by atoms with Crippen LogP contribution in [0.25, 0.3) is 78.1 Å². The maximum Gasteiger partial charge on any atom is 0.164 e. The Morgan fingerprint density at radius 2 is 1.09 bits per heavy atom.